The summed E-state index contributed by atoms with van der Waals surface area (Å²) < 4.78 is 1.83. The zero-order chi connectivity index (χ0) is 17.1. The molecule has 0 aliphatic heterocycles. The molecule has 7 nitrogen and oxygen atoms in total. The van der Waals surface area contributed by atoms with E-state index in [0.717, 1.165) is 10.6 Å². The lowest BCUT2D eigenvalue weighted by Crippen LogP contribution is -2.14. The molecule has 0 fully saturated rings. The number of benzene rings is 1. The molecule has 1 aromatic carbocycles. The first-order chi connectivity index (χ1) is 11.5. The van der Waals surface area contributed by atoms with Crippen molar-refractivity contribution in [3.63, 3.8) is 0 Å². The van der Waals surface area contributed by atoms with E-state index in [4.69, 9.17) is 11.6 Å². The van der Waals surface area contributed by atoms with Crippen molar-refractivity contribution in [1.82, 2.24) is 25.0 Å². The number of rotatable bonds is 5. The number of nitrogens with one attached hydrogen (secondary N) is 1. The van der Waals surface area contributed by atoms with E-state index in [0.29, 0.717) is 21.1 Å². The molecule has 0 aliphatic carbocycles. The Bertz CT molecular complexity index is 878. The maximum atomic E-state index is 12.0. The number of thioether (sulfide) groups is 1. The average Bonchev–Trinajstić information content (AvgIpc) is 3.11. The van der Waals surface area contributed by atoms with Gasteiger partial charge in [0, 0.05) is 17.6 Å². The third-order valence-corrected chi connectivity index (χ3v) is 5.03. The van der Waals surface area contributed by atoms with Gasteiger partial charge in [-0.1, -0.05) is 46.8 Å². The van der Waals surface area contributed by atoms with Crippen LogP contribution in [0.5, 0.6) is 0 Å². The fourth-order valence-electron chi connectivity index (χ4n) is 1.95. The molecule has 24 heavy (non-hydrogen) atoms. The number of amides is 1. The topological polar surface area (TPSA) is 85.6 Å². The van der Waals surface area contributed by atoms with Crippen LogP contribution in [0.25, 0.3) is 11.4 Å². The molecule has 1 N–H and O–H groups in total. The standard InChI is InChI=1S/C14H13ClN6OS2/c1-8-17-19-13(24-8)16-11(22)7-23-14-20-18-12(21(14)2)9-4-3-5-10(15)6-9/h3-6H,7H2,1-2H3,(H,16,19,22). The van der Waals surface area contributed by atoms with Gasteiger partial charge in [-0.05, 0) is 19.1 Å². The first-order valence-corrected chi connectivity index (χ1v) is 9.09. The third kappa shape index (κ3) is 3.92. The zero-order valence-electron chi connectivity index (χ0n) is 12.9. The molecule has 0 radical (unpaired) electrons. The SMILES string of the molecule is Cc1nnc(NC(=O)CSc2nnc(-c3cccc(Cl)c3)n2C)s1. The monoisotopic (exact) mass is 380 g/mol. The van der Waals surface area contributed by atoms with Crippen molar-refractivity contribution in [2.45, 2.75) is 12.1 Å². The lowest BCUT2D eigenvalue weighted by atomic mass is 10.2. The van der Waals surface area contributed by atoms with Crippen molar-refractivity contribution < 1.29 is 4.79 Å². The Morgan fingerprint density at radius 3 is 2.88 bits per heavy atom. The van der Waals surface area contributed by atoms with Gasteiger partial charge in [-0.15, -0.1) is 20.4 Å². The number of nitrogens with zero attached hydrogens (tertiary/aromatic N) is 5. The van der Waals surface area contributed by atoms with Crippen LogP contribution in [-0.4, -0.2) is 36.6 Å². The maximum Gasteiger partial charge on any atom is 0.236 e. The van der Waals surface area contributed by atoms with E-state index in [1.165, 1.54) is 23.1 Å². The summed E-state index contributed by atoms with van der Waals surface area (Å²) in [6.07, 6.45) is 0. The molecule has 0 unspecified atom stereocenters. The van der Waals surface area contributed by atoms with Crippen molar-refractivity contribution in [1.29, 1.82) is 0 Å². The maximum absolute atomic E-state index is 12.0. The quantitative estimate of drug-likeness (QED) is 0.685. The lowest BCUT2D eigenvalue weighted by Gasteiger charge is -2.04. The summed E-state index contributed by atoms with van der Waals surface area (Å²) in [7, 11) is 1.85. The number of carbonyl (C=O) groups excluding carboxylic acids is 1. The molecule has 2 aromatic heterocycles. The minimum Gasteiger partial charge on any atom is -0.305 e. The van der Waals surface area contributed by atoms with Gasteiger partial charge in [-0.2, -0.15) is 0 Å². The normalized spacial score (nSPS) is 10.8. The van der Waals surface area contributed by atoms with Gasteiger partial charge in [0.25, 0.3) is 0 Å². The number of aromatic nitrogens is 5. The van der Waals surface area contributed by atoms with Gasteiger partial charge in [0.1, 0.15) is 5.01 Å². The smallest absolute Gasteiger partial charge is 0.236 e. The highest BCUT2D eigenvalue weighted by Crippen LogP contribution is 2.24. The van der Waals surface area contributed by atoms with Crippen molar-refractivity contribution in [3.8, 4) is 11.4 Å². The second-order valence-corrected chi connectivity index (χ2v) is 7.40. The molecule has 10 heteroatoms. The number of carbonyl (C=O) groups is 1. The first-order valence-electron chi connectivity index (χ1n) is 6.91. The molecule has 0 spiro atoms. The predicted octanol–water partition coefficient (Wildman–Crippen LogP) is 3.03. The molecule has 0 saturated heterocycles. The van der Waals surface area contributed by atoms with Gasteiger partial charge < -0.3 is 4.57 Å². The number of hydrogen-bond donors (Lipinski definition) is 1. The number of halogens is 1. The summed E-state index contributed by atoms with van der Waals surface area (Å²) in [5, 5.41) is 21.3. The molecule has 1 amide bonds. The molecule has 0 aliphatic rings. The fourth-order valence-corrected chi connectivity index (χ4v) is 3.46. The van der Waals surface area contributed by atoms with E-state index in [1.807, 2.05) is 36.7 Å². The lowest BCUT2D eigenvalue weighted by molar-refractivity contribution is -0.113. The Balaban J connectivity index is 1.65. The van der Waals surface area contributed by atoms with Crippen LogP contribution in [0.2, 0.25) is 5.02 Å². The zero-order valence-corrected chi connectivity index (χ0v) is 15.2. The Morgan fingerprint density at radius 1 is 1.33 bits per heavy atom. The molecule has 0 atom stereocenters. The molecular formula is C14H13ClN6OS2. The summed E-state index contributed by atoms with van der Waals surface area (Å²) in [4.78, 5) is 12.0. The van der Waals surface area contributed by atoms with E-state index in [2.05, 4.69) is 25.7 Å². The van der Waals surface area contributed by atoms with Crippen molar-refractivity contribution in [2.75, 3.05) is 11.1 Å². The average molecular weight is 381 g/mol. The van der Waals surface area contributed by atoms with E-state index in [9.17, 15) is 4.79 Å². The fraction of sp³-hybridized carbons (Fsp3) is 0.214. The van der Waals surface area contributed by atoms with Gasteiger partial charge in [0.2, 0.25) is 11.0 Å². The van der Waals surface area contributed by atoms with Crippen LogP contribution in [0.15, 0.2) is 29.4 Å². The number of aryl methyl sites for hydroxylation is 1. The Kier molecular flexibility index (Phi) is 5.12. The van der Waals surface area contributed by atoms with Crippen LogP contribution < -0.4 is 5.32 Å². The highest BCUT2D eigenvalue weighted by molar-refractivity contribution is 7.99. The Morgan fingerprint density at radius 2 is 2.17 bits per heavy atom. The van der Waals surface area contributed by atoms with Gasteiger partial charge in [0.15, 0.2) is 11.0 Å². The summed E-state index contributed by atoms with van der Waals surface area (Å²) in [6, 6.07) is 7.40. The number of hydrogen-bond acceptors (Lipinski definition) is 7. The second kappa shape index (κ2) is 7.29. The van der Waals surface area contributed by atoms with E-state index in [-0.39, 0.29) is 11.7 Å². The van der Waals surface area contributed by atoms with Crippen LogP contribution in [-0.2, 0) is 11.8 Å². The second-order valence-electron chi connectivity index (χ2n) is 4.84. The molecular weight excluding hydrogens is 368 g/mol. The predicted molar refractivity (Wildman–Crippen MR) is 95.4 cm³/mol. The van der Waals surface area contributed by atoms with Crippen molar-refractivity contribution in [3.05, 3.63) is 34.3 Å². The summed E-state index contributed by atoms with van der Waals surface area (Å²) in [5.41, 5.74) is 0.873. The van der Waals surface area contributed by atoms with Crippen molar-refractivity contribution in [2.24, 2.45) is 7.05 Å². The van der Waals surface area contributed by atoms with Crippen LogP contribution in [0.1, 0.15) is 5.01 Å². The van der Waals surface area contributed by atoms with E-state index >= 15 is 0 Å². The first kappa shape index (κ1) is 16.9. The summed E-state index contributed by atoms with van der Waals surface area (Å²) >= 11 is 8.65. The van der Waals surface area contributed by atoms with Gasteiger partial charge in [-0.25, -0.2) is 0 Å². The minimum absolute atomic E-state index is 0.163. The molecule has 0 saturated carbocycles. The number of anilines is 1. The largest absolute Gasteiger partial charge is 0.305 e. The van der Waals surface area contributed by atoms with Crippen LogP contribution >= 0.6 is 34.7 Å². The molecule has 124 valence electrons. The Labute approximate surface area is 151 Å². The summed E-state index contributed by atoms with van der Waals surface area (Å²) in [5.74, 6) is 0.740. The molecule has 3 aromatic rings. The van der Waals surface area contributed by atoms with Gasteiger partial charge in [0.05, 0.1) is 5.75 Å². The highest BCUT2D eigenvalue weighted by atomic mass is 35.5. The Hall–Kier alpha value is -1.97. The van der Waals surface area contributed by atoms with Gasteiger partial charge >= 0.3 is 0 Å². The third-order valence-electron chi connectivity index (χ3n) is 3.02. The summed E-state index contributed by atoms with van der Waals surface area (Å²) in [6.45, 7) is 1.83. The van der Waals surface area contributed by atoms with Crippen LogP contribution in [0.3, 0.4) is 0 Å². The molecule has 0 bridgehead atoms. The van der Waals surface area contributed by atoms with Crippen LogP contribution in [0.4, 0.5) is 5.13 Å². The van der Waals surface area contributed by atoms with E-state index < -0.39 is 0 Å². The van der Waals surface area contributed by atoms with Gasteiger partial charge in [-0.3, -0.25) is 10.1 Å². The molecule has 2 heterocycles. The molecule has 3 rings (SSSR count). The highest BCUT2D eigenvalue weighted by Gasteiger charge is 2.14. The van der Waals surface area contributed by atoms with E-state index in [1.54, 1.807) is 6.07 Å². The minimum atomic E-state index is -0.163. The van der Waals surface area contributed by atoms with Crippen molar-refractivity contribution >= 4 is 45.7 Å². The van der Waals surface area contributed by atoms with Crippen LogP contribution in [0, 0.1) is 6.92 Å².